The summed E-state index contributed by atoms with van der Waals surface area (Å²) in [6, 6.07) is 25.2. The molecule has 0 aliphatic carbocycles. The van der Waals surface area contributed by atoms with E-state index in [9.17, 15) is 4.79 Å². The Balaban J connectivity index is 1.28. The van der Waals surface area contributed by atoms with E-state index in [4.69, 9.17) is 0 Å². The molecule has 0 saturated carbocycles. The van der Waals surface area contributed by atoms with Gasteiger partial charge in [0.2, 0.25) is 0 Å². The molecule has 1 aliphatic rings. The number of rotatable bonds is 4. The lowest BCUT2D eigenvalue weighted by Crippen LogP contribution is -2.30. The van der Waals surface area contributed by atoms with E-state index in [2.05, 4.69) is 76.7 Å². The van der Waals surface area contributed by atoms with Crippen LogP contribution in [0.1, 0.15) is 22.3 Å². The maximum absolute atomic E-state index is 12.4. The van der Waals surface area contributed by atoms with Gasteiger partial charge in [-0.25, -0.2) is 0 Å². The summed E-state index contributed by atoms with van der Waals surface area (Å²) in [6.45, 7) is 4.55. The maximum Gasteiger partial charge on any atom is 0.253 e. The summed E-state index contributed by atoms with van der Waals surface area (Å²) in [6.07, 6.45) is 1.08. The van der Waals surface area contributed by atoms with Crippen LogP contribution in [0.3, 0.4) is 0 Å². The molecule has 0 bridgehead atoms. The molecular weight excluding hydrogens is 370 g/mol. The molecule has 30 heavy (non-hydrogen) atoms. The first kappa shape index (κ1) is 18.5. The molecule has 4 heteroatoms. The van der Waals surface area contributed by atoms with Gasteiger partial charge < -0.3 is 15.2 Å². The second-order valence-corrected chi connectivity index (χ2v) is 8.06. The second kappa shape index (κ2) is 7.71. The van der Waals surface area contributed by atoms with Crippen molar-refractivity contribution >= 4 is 22.3 Å². The van der Waals surface area contributed by atoms with Gasteiger partial charge in [0.25, 0.3) is 5.56 Å². The lowest BCUT2D eigenvalue weighted by Gasteiger charge is -2.30. The van der Waals surface area contributed by atoms with Crippen LogP contribution < -0.4 is 15.8 Å². The highest BCUT2D eigenvalue weighted by atomic mass is 16.1. The molecule has 4 nitrogen and oxygen atoms in total. The zero-order valence-corrected chi connectivity index (χ0v) is 17.1. The average Bonchev–Trinajstić information content (AvgIpc) is 2.78. The fraction of sp³-hybridized carbons (Fsp3) is 0.192. The average molecular weight is 396 g/mol. The van der Waals surface area contributed by atoms with Crippen molar-refractivity contribution in [3.8, 4) is 0 Å². The van der Waals surface area contributed by atoms with Crippen molar-refractivity contribution in [2.24, 2.45) is 0 Å². The molecule has 0 amide bonds. The van der Waals surface area contributed by atoms with Crippen molar-refractivity contribution in [1.29, 1.82) is 0 Å². The molecule has 0 radical (unpaired) electrons. The number of fused-ring (bicyclic) bond motifs is 2. The van der Waals surface area contributed by atoms with Crippen molar-refractivity contribution in [3.63, 3.8) is 0 Å². The first-order valence-electron chi connectivity index (χ1n) is 10.4. The van der Waals surface area contributed by atoms with Gasteiger partial charge in [-0.3, -0.25) is 4.79 Å². The standard InChI is InChI=1S/C26H25N3O/c1-18-6-11-25-21(14-18)15-22(26(30)28-25)16-27-23-7-9-24(10-8-23)29-13-12-19-4-2-3-5-20(19)17-29/h2-11,14-15,27H,12-13,16-17H2,1H3,(H,28,30). The fourth-order valence-electron chi connectivity index (χ4n) is 4.21. The number of aromatic amines is 1. The lowest BCUT2D eigenvalue weighted by atomic mass is 9.99. The van der Waals surface area contributed by atoms with Crippen molar-refractivity contribution < 1.29 is 0 Å². The number of H-pyrrole nitrogens is 1. The molecule has 2 N–H and O–H groups in total. The van der Waals surface area contributed by atoms with Crippen LogP contribution in [0.4, 0.5) is 11.4 Å². The van der Waals surface area contributed by atoms with Crippen molar-refractivity contribution in [3.05, 3.63) is 105 Å². The van der Waals surface area contributed by atoms with Gasteiger partial charge in [0.1, 0.15) is 0 Å². The second-order valence-electron chi connectivity index (χ2n) is 8.06. The van der Waals surface area contributed by atoms with Gasteiger partial charge in [-0.05, 0) is 72.3 Å². The third-order valence-electron chi connectivity index (χ3n) is 5.92. The van der Waals surface area contributed by atoms with Gasteiger partial charge in [-0.1, -0.05) is 35.9 Å². The Labute approximate surface area is 176 Å². The number of anilines is 2. The van der Waals surface area contributed by atoms with E-state index >= 15 is 0 Å². The van der Waals surface area contributed by atoms with Gasteiger partial charge in [0, 0.05) is 42.1 Å². The Morgan fingerprint density at radius 2 is 1.77 bits per heavy atom. The summed E-state index contributed by atoms with van der Waals surface area (Å²) in [5.74, 6) is 0. The molecule has 0 spiro atoms. The third kappa shape index (κ3) is 3.69. The van der Waals surface area contributed by atoms with Crippen LogP contribution in [0.5, 0.6) is 0 Å². The topological polar surface area (TPSA) is 48.1 Å². The van der Waals surface area contributed by atoms with Crippen LogP contribution in [-0.4, -0.2) is 11.5 Å². The summed E-state index contributed by atoms with van der Waals surface area (Å²) in [4.78, 5) is 17.8. The van der Waals surface area contributed by atoms with Gasteiger partial charge in [0.15, 0.2) is 0 Å². The minimum atomic E-state index is -0.0394. The maximum atomic E-state index is 12.4. The number of benzene rings is 3. The molecule has 0 saturated heterocycles. The Hall–Kier alpha value is -3.53. The highest BCUT2D eigenvalue weighted by molar-refractivity contribution is 5.79. The number of aryl methyl sites for hydroxylation is 1. The van der Waals surface area contributed by atoms with Gasteiger partial charge in [-0.2, -0.15) is 0 Å². The van der Waals surface area contributed by atoms with Gasteiger partial charge in [0.05, 0.1) is 0 Å². The van der Waals surface area contributed by atoms with E-state index < -0.39 is 0 Å². The number of nitrogens with zero attached hydrogens (tertiary/aromatic N) is 1. The van der Waals surface area contributed by atoms with E-state index in [1.54, 1.807) is 0 Å². The van der Waals surface area contributed by atoms with Crippen LogP contribution in [0.2, 0.25) is 0 Å². The molecule has 1 aromatic heterocycles. The van der Waals surface area contributed by atoms with Crippen LogP contribution in [-0.2, 0) is 19.5 Å². The summed E-state index contributed by atoms with van der Waals surface area (Å²) in [7, 11) is 0. The fourth-order valence-corrected chi connectivity index (χ4v) is 4.21. The molecule has 0 atom stereocenters. The molecule has 150 valence electrons. The van der Waals surface area contributed by atoms with E-state index in [0.29, 0.717) is 6.54 Å². The van der Waals surface area contributed by atoms with Gasteiger partial charge >= 0.3 is 0 Å². The Morgan fingerprint density at radius 3 is 2.60 bits per heavy atom. The Kier molecular flexibility index (Phi) is 4.75. The van der Waals surface area contributed by atoms with Crippen molar-refractivity contribution in [2.75, 3.05) is 16.8 Å². The number of aromatic nitrogens is 1. The predicted octanol–water partition coefficient (Wildman–Crippen LogP) is 5.01. The van der Waals surface area contributed by atoms with Gasteiger partial charge in [-0.15, -0.1) is 0 Å². The summed E-state index contributed by atoms with van der Waals surface area (Å²) in [5.41, 5.74) is 7.88. The molecule has 2 heterocycles. The number of hydrogen-bond donors (Lipinski definition) is 2. The summed E-state index contributed by atoms with van der Waals surface area (Å²) >= 11 is 0. The zero-order valence-electron chi connectivity index (χ0n) is 17.1. The first-order valence-corrected chi connectivity index (χ1v) is 10.4. The van der Waals surface area contributed by atoms with Crippen molar-refractivity contribution in [2.45, 2.75) is 26.4 Å². The lowest BCUT2D eigenvalue weighted by molar-refractivity contribution is 0.732. The van der Waals surface area contributed by atoms with Crippen LogP contribution in [0.15, 0.2) is 77.6 Å². The monoisotopic (exact) mass is 395 g/mol. The number of nitrogens with one attached hydrogen (secondary N) is 2. The van der Waals surface area contributed by atoms with Crippen LogP contribution >= 0.6 is 0 Å². The number of hydrogen-bond acceptors (Lipinski definition) is 3. The molecule has 4 aromatic rings. The first-order chi connectivity index (χ1) is 14.7. The van der Waals surface area contributed by atoms with Crippen LogP contribution in [0, 0.1) is 6.92 Å². The normalized spacial score (nSPS) is 13.3. The molecule has 0 fully saturated rings. The SMILES string of the molecule is Cc1ccc2[nH]c(=O)c(CNc3ccc(N4CCc5ccccc5C4)cc3)cc2c1. The minimum absolute atomic E-state index is 0.0394. The quantitative estimate of drug-likeness (QED) is 0.511. The summed E-state index contributed by atoms with van der Waals surface area (Å²) in [5, 5.41) is 4.45. The van der Waals surface area contributed by atoms with E-state index in [1.807, 2.05) is 18.2 Å². The van der Waals surface area contributed by atoms with E-state index in [1.165, 1.54) is 22.4 Å². The molecule has 5 rings (SSSR count). The number of pyridine rings is 1. The minimum Gasteiger partial charge on any atom is -0.381 e. The highest BCUT2D eigenvalue weighted by Gasteiger charge is 2.15. The zero-order chi connectivity index (χ0) is 20.5. The predicted molar refractivity (Wildman–Crippen MR) is 124 cm³/mol. The summed E-state index contributed by atoms with van der Waals surface area (Å²) < 4.78 is 0. The van der Waals surface area contributed by atoms with Crippen molar-refractivity contribution in [1.82, 2.24) is 4.98 Å². The molecule has 1 aliphatic heterocycles. The molecule has 3 aromatic carbocycles. The van der Waals surface area contributed by atoms with Crippen LogP contribution in [0.25, 0.3) is 10.9 Å². The van der Waals surface area contributed by atoms with E-state index in [-0.39, 0.29) is 5.56 Å². The Morgan fingerprint density at radius 1 is 0.967 bits per heavy atom. The van der Waals surface area contributed by atoms with E-state index in [0.717, 1.165) is 41.7 Å². The highest BCUT2D eigenvalue weighted by Crippen LogP contribution is 2.25. The third-order valence-corrected chi connectivity index (χ3v) is 5.92. The smallest absolute Gasteiger partial charge is 0.253 e. The largest absolute Gasteiger partial charge is 0.381 e. The molecular formula is C26H25N3O. The molecule has 0 unspecified atom stereocenters. The Bertz CT molecular complexity index is 1260.